The van der Waals surface area contributed by atoms with E-state index < -0.39 is 12.3 Å². The van der Waals surface area contributed by atoms with E-state index in [1.807, 2.05) is 19.1 Å². The molecule has 0 amide bonds. The van der Waals surface area contributed by atoms with Gasteiger partial charge in [-0.15, -0.1) is 0 Å². The monoisotopic (exact) mass is 630 g/mol. The van der Waals surface area contributed by atoms with Gasteiger partial charge in [0.1, 0.15) is 11.5 Å². The Kier molecular flexibility index (Phi) is 15.6. The van der Waals surface area contributed by atoms with E-state index in [0.717, 1.165) is 88.9 Å². The van der Waals surface area contributed by atoms with Crippen molar-refractivity contribution in [3.63, 3.8) is 0 Å². The first kappa shape index (κ1) is 38.3. The Labute approximate surface area is 273 Å². The molecule has 0 heterocycles. The molecule has 0 radical (unpaired) electrons. The number of benzene rings is 1. The van der Waals surface area contributed by atoms with E-state index in [9.17, 15) is 9.59 Å². The van der Waals surface area contributed by atoms with Crippen LogP contribution in [0.5, 0.6) is 11.5 Å². The van der Waals surface area contributed by atoms with Gasteiger partial charge in [-0.3, -0.25) is 8.97 Å². The second kappa shape index (κ2) is 18.3. The summed E-state index contributed by atoms with van der Waals surface area (Å²) in [4.78, 5) is 26.6. The number of quaternary nitrogens is 2. The molecule has 0 aliphatic heterocycles. The van der Waals surface area contributed by atoms with Crippen LogP contribution < -0.4 is 9.47 Å². The zero-order valence-corrected chi connectivity index (χ0v) is 29.8. The number of unbranched alkanes of at least 4 members (excludes halogenated alkanes) is 2. The van der Waals surface area contributed by atoms with Gasteiger partial charge in [0.05, 0.1) is 39.3 Å². The number of allylic oxidation sites excluding steroid dienone is 3. The Morgan fingerprint density at radius 2 is 1.27 bits per heavy atom. The van der Waals surface area contributed by atoms with Crippen molar-refractivity contribution in [2.45, 2.75) is 107 Å². The van der Waals surface area contributed by atoms with Crippen LogP contribution in [0.2, 0.25) is 0 Å². The highest BCUT2D eigenvalue weighted by Gasteiger charge is 2.34. The van der Waals surface area contributed by atoms with Gasteiger partial charge in [0.2, 0.25) is 13.5 Å². The average molecular weight is 631 g/mol. The fourth-order valence-corrected chi connectivity index (χ4v) is 6.29. The SMILES string of the molecule is C=C(C)C1CCC(C)=CC1c1c(OC(=O)OC[N+](CC)(CC)CC)cc(CCCCC)cc1OC(=O)OC[N+](CC)(CC)CC. The Balaban J connectivity index is 2.62. The highest BCUT2D eigenvalue weighted by atomic mass is 16.7. The number of carbonyl (C=O) groups excluding carboxylic acids is 2. The zero-order valence-electron chi connectivity index (χ0n) is 29.8. The van der Waals surface area contributed by atoms with E-state index >= 15 is 0 Å². The van der Waals surface area contributed by atoms with Gasteiger partial charge in [-0.2, -0.15) is 0 Å². The minimum absolute atomic E-state index is 0.0885. The Bertz CT molecular complexity index is 1080. The van der Waals surface area contributed by atoms with Gasteiger partial charge in [0.25, 0.3) is 0 Å². The minimum atomic E-state index is -0.757. The smallest absolute Gasteiger partial charge is 0.394 e. The van der Waals surface area contributed by atoms with E-state index in [4.69, 9.17) is 18.9 Å². The average Bonchev–Trinajstić information content (AvgIpc) is 3.03. The van der Waals surface area contributed by atoms with Crippen molar-refractivity contribution in [2.75, 3.05) is 52.7 Å². The summed E-state index contributed by atoms with van der Waals surface area (Å²) in [5, 5.41) is 0. The van der Waals surface area contributed by atoms with Crippen LogP contribution in [0.15, 0.2) is 35.9 Å². The maximum Gasteiger partial charge on any atom is 0.518 e. The van der Waals surface area contributed by atoms with Crippen LogP contribution in [0.25, 0.3) is 0 Å². The van der Waals surface area contributed by atoms with Gasteiger partial charge in [0.15, 0.2) is 0 Å². The molecular formula is C37H62N2O6+2. The molecule has 45 heavy (non-hydrogen) atoms. The molecule has 0 saturated carbocycles. The normalized spacial score (nSPS) is 17.0. The van der Waals surface area contributed by atoms with E-state index in [1.165, 1.54) is 5.57 Å². The van der Waals surface area contributed by atoms with Crippen molar-refractivity contribution in [3.05, 3.63) is 47.1 Å². The summed E-state index contributed by atoms with van der Waals surface area (Å²) in [6, 6.07) is 3.85. The first-order valence-electron chi connectivity index (χ1n) is 17.3. The van der Waals surface area contributed by atoms with Gasteiger partial charge >= 0.3 is 12.3 Å². The number of ether oxygens (including phenoxy) is 4. The molecule has 8 heteroatoms. The lowest BCUT2D eigenvalue weighted by atomic mass is 9.73. The molecule has 0 spiro atoms. The molecular weight excluding hydrogens is 568 g/mol. The van der Waals surface area contributed by atoms with E-state index in [2.05, 4.69) is 68.0 Å². The summed E-state index contributed by atoms with van der Waals surface area (Å²) >= 11 is 0. The van der Waals surface area contributed by atoms with Crippen LogP contribution >= 0.6 is 0 Å². The highest BCUT2D eigenvalue weighted by Crippen LogP contribution is 2.47. The number of nitrogens with zero attached hydrogens (tertiary/aromatic N) is 2. The van der Waals surface area contributed by atoms with Gasteiger partial charge in [-0.1, -0.05) is 43.6 Å². The highest BCUT2D eigenvalue weighted by molar-refractivity contribution is 5.69. The van der Waals surface area contributed by atoms with Gasteiger partial charge in [-0.05, 0) is 105 Å². The molecule has 1 aliphatic rings. The maximum atomic E-state index is 13.3. The second-order valence-electron chi connectivity index (χ2n) is 12.8. The largest absolute Gasteiger partial charge is 0.518 e. The van der Waals surface area contributed by atoms with Crippen LogP contribution in [0.3, 0.4) is 0 Å². The quantitative estimate of drug-likeness (QED) is 0.0402. The number of hydrogen-bond donors (Lipinski definition) is 0. The van der Waals surface area contributed by atoms with Crippen LogP contribution in [-0.4, -0.2) is 74.0 Å². The molecule has 1 aromatic rings. The van der Waals surface area contributed by atoms with Crippen molar-refractivity contribution >= 4 is 12.3 Å². The Morgan fingerprint density at radius 3 is 1.67 bits per heavy atom. The molecule has 0 N–H and O–H groups in total. The summed E-state index contributed by atoms with van der Waals surface area (Å²) in [7, 11) is 0. The first-order valence-corrected chi connectivity index (χ1v) is 17.3. The van der Waals surface area contributed by atoms with Crippen LogP contribution in [0.1, 0.15) is 111 Å². The fourth-order valence-electron chi connectivity index (χ4n) is 6.29. The molecule has 2 rings (SSSR count). The molecule has 1 aliphatic carbocycles. The van der Waals surface area contributed by atoms with Crippen molar-refractivity contribution in [1.29, 1.82) is 0 Å². The Morgan fingerprint density at radius 1 is 0.800 bits per heavy atom. The summed E-state index contributed by atoms with van der Waals surface area (Å²) in [6.07, 6.45) is 6.42. The number of aryl methyl sites for hydroxylation is 1. The number of rotatable bonds is 18. The molecule has 2 atom stereocenters. The lowest BCUT2D eigenvalue weighted by molar-refractivity contribution is -0.939. The van der Waals surface area contributed by atoms with Crippen LogP contribution in [0.4, 0.5) is 9.59 Å². The van der Waals surface area contributed by atoms with Crippen molar-refractivity contribution in [1.82, 2.24) is 0 Å². The molecule has 2 unspecified atom stereocenters. The lowest BCUT2D eigenvalue weighted by Gasteiger charge is -2.35. The second-order valence-corrected chi connectivity index (χ2v) is 12.8. The Hall–Kier alpha value is -2.84. The van der Waals surface area contributed by atoms with Gasteiger partial charge in [0, 0.05) is 11.5 Å². The molecule has 0 bridgehead atoms. The zero-order chi connectivity index (χ0) is 33.6. The third-order valence-corrected chi connectivity index (χ3v) is 10.3. The van der Waals surface area contributed by atoms with Gasteiger partial charge < -0.3 is 18.9 Å². The molecule has 0 aromatic heterocycles. The molecule has 0 fully saturated rings. The fraction of sp³-hybridized carbons (Fsp3) is 0.676. The molecule has 8 nitrogen and oxygen atoms in total. The summed E-state index contributed by atoms with van der Waals surface area (Å²) in [6.45, 7) is 28.7. The van der Waals surface area contributed by atoms with Crippen LogP contribution in [-0.2, 0) is 15.9 Å². The van der Waals surface area contributed by atoms with Crippen molar-refractivity contribution in [2.24, 2.45) is 5.92 Å². The van der Waals surface area contributed by atoms with E-state index in [0.29, 0.717) is 26.0 Å². The standard InChI is InChI=1S/C37H62N2O6/c1-11-18-19-20-30-24-33(44-36(40)42-26-38(12-2,13-3)14-4)35(32-23-29(10)21-22-31(32)28(8)9)34(25-30)45-37(41)43-27-39(15-5,16-6)17-7/h23-25,31-32H,8,11-22,26-27H2,1-7,9-10H3/q+2. The molecule has 1 aromatic carbocycles. The topological polar surface area (TPSA) is 71.1 Å². The van der Waals surface area contributed by atoms with Crippen molar-refractivity contribution in [3.8, 4) is 11.5 Å². The molecule has 254 valence electrons. The summed E-state index contributed by atoms with van der Waals surface area (Å²) in [5.41, 5.74) is 3.85. The van der Waals surface area contributed by atoms with E-state index in [1.54, 1.807) is 0 Å². The third-order valence-electron chi connectivity index (χ3n) is 10.3. The number of carbonyl (C=O) groups is 2. The third kappa shape index (κ3) is 10.6. The van der Waals surface area contributed by atoms with Gasteiger partial charge in [-0.25, -0.2) is 9.59 Å². The van der Waals surface area contributed by atoms with Crippen LogP contribution in [0, 0.1) is 5.92 Å². The van der Waals surface area contributed by atoms with E-state index in [-0.39, 0.29) is 25.3 Å². The summed E-state index contributed by atoms with van der Waals surface area (Å²) < 4.78 is 24.9. The predicted molar refractivity (Wildman–Crippen MR) is 181 cm³/mol. The lowest BCUT2D eigenvalue weighted by Crippen LogP contribution is -2.49. The number of hydrogen-bond acceptors (Lipinski definition) is 6. The molecule has 0 saturated heterocycles. The first-order chi connectivity index (χ1) is 21.5. The maximum absolute atomic E-state index is 13.3. The minimum Gasteiger partial charge on any atom is -0.394 e. The predicted octanol–water partition coefficient (Wildman–Crippen LogP) is 9.13. The summed E-state index contributed by atoms with van der Waals surface area (Å²) in [5.74, 6) is 0.621. The van der Waals surface area contributed by atoms with Crippen molar-refractivity contribution < 1.29 is 37.5 Å².